The van der Waals surface area contributed by atoms with Crippen LogP contribution in [0.5, 0.6) is 0 Å². The van der Waals surface area contributed by atoms with E-state index in [1.54, 1.807) is 24.7 Å². The Balaban J connectivity index is 1.40. The number of rotatable bonds is 8. The van der Waals surface area contributed by atoms with Gasteiger partial charge in [0.1, 0.15) is 6.26 Å². The molecule has 0 atom stereocenters. The predicted octanol–water partition coefficient (Wildman–Crippen LogP) is 1.28. The van der Waals surface area contributed by atoms with Gasteiger partial charge in [0.05, 0.1) is 23.7 Å². The van der Waals surface area contributed by atoms with Crippen LogP contribution in [-0.2, 0) is 16.1 Å². The van der Waals surface area contributed by atoms with Gasteiger partial charge in [0.25, 0.3) is 0 Å². The summed E-state index contributed by atoms with van der Waals surface area (Å²) in [5.74, 6) is 0.749. The molecule has 0 radical (unpaired) electrons. The van der Waals surface area contributed by atoms with Crippen molar-refractivity contribution in [2.45, 2.75) is 6.54 Å². The number of amides is 1. The maximum Gasteiger partial charge on any atom is 0.236 e. The lowest BCUT2D eigenvalue weighted by Crippen LogP contribution is -2.49. The Morgan fingerprint density at radius 1 is 1.36 bits per heavy atom. The minimum Gasteiger partial charge on any atom is -0.444 e. The van der Waals surface area contributed by atoms with Crippen LogP contribution in [0.2, 0.25) is 0 Å². The van der Waals surface area contributed by atoms with Gasteiger partial charge in [-0.25, -0.2) is 4.98 Å². The fraction of sp³-hybridized carbons (Fsp3) is 0.529. The number of carbonyl (C=O) groups is 1. The van der Waals surface area contributed by atoms with Crippen LogP contribution in [0.3, 0.4) is 0 Å². The maximum atomic E-state index is 11.8. The highest BCUT2D eigenvalue weighted by Crippen LogP contribution is 2.24. The first-order chi connectivity index (χ1) is 12.2. The van der Waals surface area contributed by atoms with Gasteiger partial charge in [0, 0.05) is 46.4 Å². The second-order valence-electron chi connectivity index (χ2n) is 6.02. The minimum atomic E-state index is 0.0580. The molecule has 3 heterocycles. The first-order valence-electron chi connectivity index (χ1n) is 8.43. The van der Waals surface area contributed by atoms with Crippen LogP contribution in [-0.4, -0.2) is 73.7 Å². The van der Waals surface area contributed by atoms with E-state index in [4.69, 9.17) is 9.15 Å². The number of hydrogen-bond donors (Lipinski definition) is 1. The molecule has 1 aliphatic heterocycles. The molecule has 25 heavy (non-hydrogen) atoms. The summed E-state index contributed by atoms with van der Waals surface area (Å²) in [7, 11) is 1.63. The SMILES string of the molecule is COCCNC(=O)CN1CCN(Cc2coc(-c3cccs3)n2)CC1. The third-order valence-electron chi connectivity index (χ3n) is 4.13. The van der Waals surface area contributed by atoms with Crippen molar-refractivity contribution in [2.75, 3.05) is 53.0 Å². The van der Waals surface area contributed by atoms with Gasteiger partial charge >= 0.3 is 0 Å². The number of hydrogen-bond acceptors (Lipinski definition) is 7. The highest BCUT2D eigenvalue weighted by molar-refractivity contribution is 7.13. The topological polar surface area (TPSA) is 70.8 Å². The number of ether oxygens (including phenoxy) is 1. The number of piperazine rings is 1. The average molecular weight is 364 g/mol. The molecule has 0 saturated carbocycles. The quantitative estimate of drug-likeness (QED) is 0.712. The minimum absolute atomic E-state index is 0.0580. The van der Waals surface area contributed by atoms with Crippen LogP contribution in [0.25, 0.3) is 10.8 Å². The van der Waals surface area contributed by atoms with Gasteiger partial charge in [-0.3, -0.25) is 14.6 Å². The zero-order valence-electron chi connectivity index (χ0n) is 14.4. The lowest BCUT2D eigenvalue weighted by molar-refractivity contribution is -0.122. The van der Waals surface area contributed by atoms with Crippen molar-refractivity contribution in [3.63, 3.8) is 0 Å². The van der Waals surface area contributed by atoms with Crippen molar-refractivity contribution in [2.24, 2.45) is 0 Å². The zero-order chi connectivity index (χ0) is 17.5. The first kappa shape index (κ1) is 18.1. The molecule has 2 aromatic rings. The molecule has 0 spiro atoms. The summed E-state index contributed by atoms with van der Waals surface area (Å²) in [5.41, 5.74) is 0.953. The number of nitrogens with one attached hydrogen (secondary N) is 1. The van der Waals surface area contributed by atoms with Crippen molar-refractivity contribution in [3.05, 3.63) is 29.5 Å². The Hall–Kier alpha value is -1.74. The Bertz CT molecular complexity index is 651. The molecule has 0 aliphatic carbocycles. The molecule has 0 unspecified atom stereocenters. The van der Waals surface area contributed by atoms with Crippen LogP contribution < -0.4 is 5.32 Å². The first-order valence-corrected chi connectivity index (χ1v) is 9.31. The molecule has 136 valence electrons. The molecule has 8 heteroatoms. The summed E-state index contributed by atoms with van der Waals surface area (Å²) >= 11 is 1.63. The molecule has 2 aromatic heterocycles. The second-order valence-corrected chi connectivity index (χ2v) is 6.96. The van der Waals surface area contributed by atoms with Crippen molar-refractivity contribution < 1.29 is 13.9 Å². The van der Waals surface area contributed by atoms with Gasteiger partial charge in [-0.2, -0.15) is 0 Å². The van der Waals surface area contributed by atoms with Gasteiger partial charge < -0.3 is 14.5 Å². The number of nitrogens with zero attached hydrogens (tertiary/aromatic N) is 3. The van der Waals surface area contributed by atoms with Crippen molar-refractivity contribution in [3.8, 4) is 10.8 Å². The molecular formula is C17H24N4O3S. The van der Waals surface area contributed by atoms with Crippen LogP contribution in [0.4, 0.5) is 0 Å². The van der Waals surface area contributed by atoms with E-state index in [-0.39, 0.29) is 5.91 Å². The van der Waals surface area contributed by atoms with Crippen LogP contribution in [0, 0.1) is 0 Å². The molecule has 7 nitrogen and oxygen atoms in total. The molecule has 1 N–H and O–H groups in total. The van der Waals surface area contributed by atoms with Crippen molar-refractivity contribution in [1.82, 2.24) is 20.1 Å². The van der Waals surface area contributed by atoms with Gasteiger partial charge in [-0.1, -0.05) is 6.07 Å². The fourth-order valence-electron chi connectivity index (χ4n) is 2.78. The molecule has 1 fully saturated rings. The van der Waals surface area contributed by atoms with Crippen LogP contribution in [0.15, 0.2) is 28.2 Å². The summed E-state index contributed by atoms with van der Waals surface area (Å²) in [6.07, 6.45) is 1.74. The van der Waals surface area contributed by atoms with E-state index in [0.29, 0.717) is 25.6 Å². The van der Waals surface area contributed by atoms with Gasteiger partial charge in [-0.05, 0) is 11.4 Å². The summed E-state index contributed by atoms with van der Waals surface area (Å²) < 4.78 is 10.5. The van der Waals surface area contributed by atoms with E-state index in [1.165, 1.54) is 0 Å². The average Bonchev–Trinajstić information content (AvgIpc) is 3.28. The highest BCUT2D eigenvalue weighted by Gasteiger charge is 2.20. The Kier molecular flexibility index (Phi) is 6.57. The Labute approximate surface area is 151 Å². The molecule has 0 bridgehead atoms. The van der Waals surface area contributed by atoms with Crippen LogP contribution in [0.1, 0.15) is 5.69 Å². The number of oxazole rings is 1. The monoisotopic (exact) mass is 364 g/mol. The summed E-state index contributed by atoms with van der Waals surface area (Å²) in [5, 5.41) is 4.88. The largest absolute Gasteiger partial charge is 0.444 e. The standard InChI is InChI=1S/C17H24N4O3S/c1-23-9-4-18-16(22)12-21-7-5-20(6-8-21)11-14-13-24-17(19-14)15-3-2-10-25-15/h2-3,10,13H,4-9,11-12H2,1H3,(H,18,22). The van der Waals surface area contributed by atoms with Gasteiger partial charge in [0.2, 0.25) is 11.8 Å². The summed E-state index contributed by atoms with van der Waals surface area (Å²) in [6, 6.07) is 4.01. The molecule has 0 aromatic carbocycles. The molecule has 1 saturated heterocycles. The fourth-order valence-corrected chi connectivity index (χ4v) is 3.43. The van der Waals surface area contributed by atoms with Gasteiger partial charge in [-0.15, -0.1) is 11.3 Å². The number of aromatic nitrogens is 1. The lowest BCUT2D eigenvalue weighted by Gasteiger charge is -2.33. The third-order valence-corrected chi connectivity index (χ3v) is 4.99. The maximum absolute atomic E-state index is 11.8. The smallest absolute Gasteiger partial charge is 0.236 e. The third kappa shape index (κ3) is 5.37. The van der Waals surface area contributed by atoms with E-state index in [1.807, 2.05) is 17.5 Å². The number of carbonyl (C=O) groups excluding carboxylic acids is 1. The van der Waals surface area contributed by atoms with Crippen molar-refractivity contribution >= 4 is 17.2 Å². The van der Waals surface area contributed by atoms with E-state index >= 15 is 0 Å². The molecule has 1 amide bonds. The van der Waals surface area contributed by atoms with E-state index in [9.17, 15) is 4.79 Å². The van der Waals surface area contributed by atoms with Crippen molar-refractivity contribution in [1.29, 1.82) is 0 Å². The second kappa shape index (κ2) is 9.10. The molecule has 1 aliphatic rings. The number of methoxy groups -OCH3 is 1. The van der Waals surface area contributed by atoms with E-state index in [0.717, 1.165) is 43.3 Å². The molecule has 3 rings (SSSR count). The predicted molar refractivity (Wildman–Crippen MR) is 96.4 cm³/mol. The summed E-state index contributed by atoms with van der Waals surface area (Å²) in [4.78, 5) is 22.0. The highest BCUT2D eigenvalue weighted by atomic mass is 32.1. The van der Waals surface area contributed by atoms with E-state index in [2.05, 4.69) is 20.1 Å². The van der Waals surface area contributed by atoms with E-state index < -0.39 is 0 Å². The summed E-state index contributed by atoms with van der Waals surface area (Å²) in [6.45, 7) is 5.95. The zero-order valence-corrected chi connectivity index (χ0v) is 15.3. The lowest BCUT2D eigenvalue weighted by atomic mass is 10.3. The van der Waals surface area contributed by atoms with Gasteiger partial charge in [0.15, 0.2) is 0 Å². The Morgan fingerprint density at radius 2 is 2.16 bits per heavy atom. The normalized spacial score (nSPS) is 16.2. The Morgan fingerprint density at radius 3 is 2.88 bits per heavy atom. The van der Waals surface area contributed by atoms with Crippen LogP contribution >= 0.6 is 11.3 Å². The molecular weight excluding hydrogens is 340 g/mol. The number of thiophene rings is 1.